The van der Waals surface area contributed by atoms with E-state index >= 15 is 0 Å². The van der Waals surface area contributed by atoms with Crippen molar-refractivity contribution < 1.29 is 23.5 Å². The van der Waals surface area contributed by atoms with Crippen LogP contribution in [0, 0.1) is 24.6 Å². The normalized spacial score (nSPS) is 22.0. The average Bonchev–Trinajstić information content (AvgIpc) is 3.64. The van der Waals surface area contributed by atoms with Crippen LogP contribution < -0.4 is 5.32 Å². The van der Waals surface area contributed by atoms with Crippen LogP contribution in [0.15, 0.2) is 48.9 Å². The summed E-state index contributed by atoms with van der Waals surface area (Å²) >= 11 is 0. The molecule has 1 saturated heterocycles. The molecule has 2 aliphatic rings. The Hall–Kier alpha value is -4.05. The smallest absolute Gasteiger partial charge is 0.407 e. The second kappa shape index (κ2) is 14.6. The Labute approximate surface area is 283 Å². The molecule has 1 aliphatic carbocycles. The number of halogens is 1. The summed E-state index contributed by atoms with van der Waals surface area (Å²) in [6, 6.07) is 4.65. The maximum absolute atomic E-state index is 14.5. The van der Waals surface area contributed by atoms with E-state index in [0.717, 1.165) is 67.9 Å². The molecule has 0 radical (unpaired) electrons. The minimum atomic E-state index is -0.579. The number of likely N-dealkylation sites (tertiary alicyclic amines) is 1. The van der Waals surface area contributed by atoms with E-state index in [1.54, 1.807) is 18.0 Å². The minimum Gasteiger partial charge on any atom is -0.444 e. The molecule has 9 nitrogen and oxygen atoms in total. The SMILES string of the molecule is Cc1cncc2c1c(C[C@H]1CCN(C3CCC(NC(=O)OC(C)(C)C)C(/C=C/C=O)C3)C1)cn2-c1ccc(F)cc1C(=O)N(C)C(C)C. The van der Waals surface area contributed by atoms with Crippen LogP contribution in [-0.4, -0.2) is 81.5 Å². The highest BCUT2D eigenvalue weighted by atomic mass is 19.1. The third-order valence-corrected chi connectivity index (χ3v) is 9.88. The number of aromatic nitrogens is 2. The molecule has 1 aromatic carbocycles. The highest BCUT2D eigenvalue weighted by Gasteiger charge is 2.37. The number of hydrogen-bond donors (Lipinski definition) is 1. The lowest BCUT2D eigenvalue weighted by molar-refractivity contribution is -0.104. The monoisotopic (exact) mass is 659 g/mol. The molecule has 0 bridgehead atoms. The second-order valence-electron chi connectivity index (χ2n) is 14.8. The largest absolute Gasteiger partial charge is 0.444 e. The summed E-state index contributed by atoms with van der Waals surface area (Å²) in [5.74, 6) is -0.210. The maximum Gasteiger partial charge on any atom is 0.407 e. The number of rotatable bonds is 9. The highest BCUT2D eigenvalue weighted by Crippen LogP contribution is 2.36. The van der Waals surface area contributed by atoms with Gasteiger partial charge in [0.2, 0.25) is 0 Å². The molecule has 1 N–H and O–H groups in total. The fourth-order valence-electron chi connectivity index (χ4n) is 7.33. The molecule has 10 heteroatoms. The van der Waals surface area contributed by atoms with E-state index in [1.165, 1.54) is 23.8 Å². The summed E-state index contributed by atoms with van der Waals surface area (Å²) < 4.78 is 22.0. The van der Waals surface area contributed by atoms with Crippen molar-refractivity contribution in [1.29, 1.82) is 0 Å². The predicted molar refractivity (Wildman–Crippen MR) is 186 cm³/mol. The Kier molecular flexibility index (Phi) is 10.7. The number of fused-ring (bicyclic) bond motifs is 1. The quantitative estimate of drug-likeness (QED) is 0.205. The molecule has 1 saturated carbocycles. The van der Waals surface area contributed by atoms with E-state index in [2.05, 4.69) is 28.3 Å². The Morgan fingerprint density at radius 2 is 1.96 bits per heavy atom. The van der Waals surface area contributed by atoms with Crippen molar-refractivity contribution >= 4 is 29.2 Å². The number of nitrogens with zero attached hydrogens (tertiary/aromatic N) is 4. The summed E-state index contributed by atoms with van der Waals surface area (Å²) in [6.45, 7) is 13.4. The van der Waals surface area contributed by atoms with Crippen LogP contribution in [0.25, 0.3) is 16.6 Å². The van der Waals surface area contributed by atoms with Crippen LogP contribution in [0.3, 0.4) is 0 Å². The van der Waals surface area contributed by atoms with Gasteiger partial charge in [0.05, 0.1) is 23.0 Å². The van der Waals surface area contributed by atoms with Crippen LogP contribution in [0.1, 0.15) is 81.8 Å². The zero-order valence-electron chi connectivity index (χ0n) is 29.3. The van der Waals surface area contributed by atoms with Gasteiger partial charge in [0.15, 0.2) is 0 Å². The average molecular weight is 660 g/mol. The number of hydrogen-bond acceptors (Lipinski definition) is 6. The minimum absolute atomic E-state index is 0.0348. The summed E-state index contributed by atoms with van der Waals surface area (Å²) in [5, 5.41) is 4.17. The van der Waals surface area contributed by atoms with Crippen molar-refractivity contribution in [2.45, 2.75) is 97.4 Å². The van der Waals surface area contributed by atoms with E-state index in [1.807, 2.05) is 57.7 Å². The maximum atomic E-state index is 14.5. The molecule has 2 amide bonds. The molecule has 0 spiro atoms. The first-order valence-corrected chi connectivity index (χ1v) is 17.1. The Bertz CT molecular complexity index is 1680. The van der Waals surface area contributed by atoms with Gasteiger partial charge in [-0.05, 0) is 127 Å². The van der Waals surface area contributed by atoms with E-state index in [4.69, 9.17) is 4.74 Å². The molecule has 3 aromatic rings. The lowest BCUT2D eigenvalue weighted by atomic mass is 9.80. The van der Waals surface area contributed by atoms with Crippen molar-refractivity contribution in [2.75, 3.05) is 20.1 Å². The fourth-order valence-corrected chi connectivity index (χ4v) is 7.33. The molecular weight excluding hydrogens is 609 g/mol. The van der Waals surface area contributed by atoms with Crippen molar-refractivity contribution in [2.24, 2.45) is 11.8 Å². The number of allylic oxidation sites excluding steroid dienone is 1. The van der Waals surface area contributed by atoms with Crippen LogP contribution >= 0.6 is 0 Å². The molecule has 5 rings (SSSR count). The summed E-state index contributed by atoms with van der Waals surface area (Å²) in [5.41, 5.74) is 3.52. The van der Waals surface area contributed by atoms with Gasteiger partial charge in [-0.3, -0.25) is 14.6 Å². The van der Waals surface area contributed by atoms with Gasteiger partial charge in [0.25, 0.3) is 5.91 Å². The first-order valence-electron chi connectivity index (χ1n) is 17.1. The van der Waals surface area contributed by atoms with Crippen molar-refractivity contribution in [1.82, 2.24) is 24.7 Å². The van der Waals surface area contributed by atoms with Gasteiger partial charge < -0.3 is 24.4 Å². The van der Waals surface area contributed by atoms with Crippen molar-refractivity contribution in [3.8, 4) is 5.69 Å². The molecule has 4 atom stereocenters. The lowest BCUT2D eigenvalue weighted by Crippen LogP contribution is -2.49. The third kappa shape index (κ3) is 7.97. The molecule has 2 aromatic heterocycles. The molecule has 1 aliphatic heterocycles. The van der Waals surface area contributed by atoms with Crippen LogP contribution in [0.5, 0.6) is 0 Å². The number of benzene rings is 1. The third-order valence-electron chi connectivity index (χ3n) is 9.88. The zero-order chi connectivity index (χ0) is 34.7. The first kappa shape index (κ1) is 35.3. The van der Waals surface area contributed by atoms with Gasteiger partial charge in [-0.25, -0.2) is 9.18 Å². The number of aryl methyl sites for hydroxylation is 1. The van der Waals surface area contributed by atoms with Crippen molar-refractivity contribution in [3.05, 3.63) is 71.4 Å². The lowest BCUT2D eigenvalue weighted by Gasteiger charge is -2.39. The van der Waals surface area contributed by atoms with Gasteiger partial charge in [-0.15, -0.1) is 0 Å². The van der Waals surface area contributed by atoms with Gasteiger partial charge in [-0.1, -0.05) is 6.08 Å². The van der Waals surface area contributed by atoms with Gasteiger partial charge in [0.1, 0.15) is 17.7 Å². The van der Waals surface area contributed by atoms with E-state index in [9.17, 15) is 18.8 Å². The van der Waals surface area contributed by atoms with E-state index in [0.29, 0.717) is 23.2 Å². The number of aldehydes is 1. The van der Waals surface area contributed by atoms with Gasteiger partial charge in [-0.2, -0.15) is 0 Å². The second-order valence-corrected chi connectivity index (χ2v) is 14.8. The number of pyridine rings is 1. The van der Waals surface area contributed by atoms with Gasteiger partial charge in [0, 0.05) is 49.5 Å². The topological polar surface area (TPSA) is 96.8 Å². The molecule has 3 heterocycles. The fraction of sp³-hybridized carbons (Fsp3) is 0.526. The summed E-state index contributed by atoms with van der Waals surface area (Å²) in [4.78, 5) is 45.9. The zero-order valence-corrected chi connectivity index (χ0v) is 29.3. The standard InChI is InChI=1S/C38H50FN5O4/c1-24(2)42(7)36(46)31-19-29(39)10-13-33(31)44-23-28(35-25(3)20-40-21-34(35)44)17-26-14-15-43(22-26)30-11-12-32(27(18-30)9-8-16-45)41-37(47)48-38(4,5)6/h8-10,13,16,19-21,23-24,26-27,30,32H,11-12,14-15,17-18,22H2,1-7H3,(H,41,47)/b9-8+/t26-,27?,30?,32?/m1/s1. The van der Waals surface area contributed by atoms with Crippen LogP contribution in [-0.2, 0) is 16.0 Å². The van der Waals surface area contributed by atoms with Crippen LogP contribution in [0.2, 0.25) is 0 Å². The molecular formula is C38H50FN5O4. The molecule has 2 fully saturated rings. The van der Waals surface area contributed by atoms with E-state index < -0.39 is 17.5 Å². The molecule has 258 valence electrons. The predicted octanol–water partition coefficient (Wildman–Crippen LogP) is 6.63. The molecule has 3 unspecified atom stereocenters. The number of alkyl carbamates (subject to hydrolysis) is 1. The highest BCUT2D eigenvalue weighted by molar-refractivity contribution is 5.99. The number of nitrogens with one attached hydrogen (secondary N) is 1. The Balaban J connectivity index is 1.34. The van der Waals surface area contributed by atoms with Gasteiger partial charge >= 0.3 is 6.09 Å². The Morgan fingerprint density at radius 1 is 1.19 bits per heavy atom. The number of amides is 2. The summed E-state index contributed by atoms with van der Waals surface area (Å²) in [6.07, 6.45) is 14.2. The van der Waals surface area contributed by atoms with Crippen molar-refractivity contribution in [3.63, 3.8) is 0 Å². The number of carbonyl (C=O) groups is 3. The van der Waals surface area contributed by atoms with Crippen LogP contribution in [0.4, 0.5) is 9.18 Å². The summed E-state index contributed by atoms with van der Waals surface area (Å²) in [7, 11) is 1.74. The Morgan fingerprint density at radius 3 is 2.67 bits per heavy atom. The number of ether oxygens (including phenoxy) is 1. The molecule has 48 heavy (non-hydrogen) atoms. The van der Waals surface area contributed by atoms with E-state index in [-0.39, 0.29) is 23.9 Å². The number of carbonyl (C=O) groups excluding carboxylic acids is 3. The first-order chi connectivity index (χ1) is 22.8.